The van der Waals surface area contributed by atoms with Crippen LogP contribution in [0, 0.1) is 0 Å². The van der Waals surface area contributed by atoms with Crippen LogP contribution in [0.2, 0.25) is 0 Å². The number of morpholine rings is 1. The third kappa shape index (κ3) is 3.58. The molecule has 0 amide bonds. The Balaban J connectivity index is 1.59. The predicted octanol–water partition coefficient (Wildman–Crippen LogP) is 0.780. The first-order valence-electron chi connectivity index (χ1n) is 7.38. The van der Waals surface area contributed by atoms with Gasteiger partial charge in [-0.15, -0.1) is 0 Å². The van der Waals surface area contributed by atoms with E-state index in [2.05, 4.69) is 27.1 Å². The van der Waals surface area contributed by atoms with E-state index < -0.39 is 0 Å². The lowest BCUT2D eigenvalue weighted by atomic mass is 10.3. The van der Waals surface area contributed by atoms with Gasteiger partial charge in [-0.1, -0.05) is 0 Å². The van der Waals surface area contributed by atoms with Crippen molar-refractivity contribution in [2.45, 2.75) is 31.7 Å². The highest BCUT2D eigenvalue weighted by atomic mass is 16.5. The number of nitrogens with one attached hydrogen (secondary N) is 2. The zero-order valence-electron chi connectivity index (χ0n) is 11.9. The van der Waals surface area contributed by atoms with E-state index in [1.807, 2.05) is 0 Å². The van der Waals surface area contributed by atoms with Crippen LogP contribution in [-0.2, 0) is 4.74 Å². The molecular weight excluding hydrogens is 256 g/mol. The predicted molar refractivity (Wildman–Crippen MR) is 77.2 cm³/mol. The summed E-state index contributed by atoms with van der Waals surface area (Å²) in [6.07, 6.45) is 2.27. The number of hydrogen-bond donors (Lipinski definition) is 2. The summed E-state index contributed by atoms with van der Waals surface area (Å²) in [5, 5.41) is 3.34. The van der Waals surface area contributed by atoms with Gasteiger partial charge >= 0.3 is 0 Å². The molecule has 0 bridgehead atoms. The lowest BCUT2D eigenvalue weighted by molar-refractivity contribution is 0.0368. The van der Waals surface area contributed by atoms with E-state index in [0.717, 1.165) is 51.5 Å². The number of H-pyrrole nitrogens is 1. The minimum absolute atomic E-state index is 0.0667. The van der Waals surface area contributed by atoms with Crippen LogP contribution in [0.25, 0.3) is 0 Å². The molecule has 1 saturated heterocycles. The standard InChI is InChI=1S/C14H22N4O2/c1-10(9-18-4-6-20-7-5-18)15-12-8-13(19)17-14(16-12)11-2-3-11/h8,10-11H,2-7,9H2,1H3,(H2,15,16,17,19). The zero-order chi connectivity index (χ0) is 13.9. The highest BCUT2D eigenvalue weighted by Gasteiger charge is 2.26. The van der Waals surface area contributed by atoms with E-state index in [4.69, 9.17) is 4.74 Å². The van der Waals surface area contributed by atoms with Gasteiger partial charge in [0, 0.05) is 37.7 Å². The number of hydrogen-bond acceptors (Lipinski definition) is 5. The topological polar surface area (TPSA) is 70.2 Å². The van der Waals surface area contributed by atoms with Crippen LogP contribution in [0.5, 0.6) is 0 Å². The molecule has 0 spiro atoms. The van der Waals surface area contributed by atoms with Crippen molar-refractivity contribution in [3.05, 3.63) is 22.2 Å². The molecule has 1 aliphatic heterocycles. The van der Waals surface area contributed by atoms with E-state index in [-0.39, 0.29) is 11.6 Å². The van der Waals surface area contributed by atoms with Crippen molar-refractivity contribution >= 4 is 5.82 Å². The van der Waals surface area contributed by atoms with Crippen molar-refractivity contribution in [1.29, 1.82) is 0 Å². The van der Waals surface area contributed by atoms with Gasteiger partial charge in [-0.3, -0.25) is 9.69 Å². The van der Waals surface area contributed by atoms with Crippen LogP contribution >= 0.6 is 0 Å². The lowest BCUT2D eigenvalue weighted by Crippen LogP contribution is -2.42. The summed E-state index contributed by atoms with van der Waals surface area (Å²) in [6, 6.07) is 1.80. The van der Waals surface area contributed by atoms with Crippen LogP contribution in [0.4, 0.5) is 5.82 Å². The highest BCUT2D eigenvalue weighted by Crippen LogP contribution is 2.37. The molecule has 0 radical (unpaired) electrons. The molecule has 1 aromatic rings. The smallest absolute Gasteiger partial charge is 0.252 e. The molecule has 2 heterocycles. The van der Waals surface area contributed by atoms with Crippen LogP contribution in [0.15, 0.2) is 10.9 Å². The Kier molecular flexibility index (Phi) is 4.03. The fourth-order valence-corrected chi connectivity index (χ4v) is 2.57. The van der Waals surface area contributed by atoms with Gasteiger partial charge in [0.2, 0.25) is 0 Å². The molecule has 1 saturated carbocycles. The van der Waals surface area contributed by atoms with Crippen molar-refractivity contribution < 1.29 is 4.74 Å². The molecule has 6 heteroatoms. The van der Waals surface area contributed by atoms with Crippen molar-refractivity contribution in [1.82, 2.24) is 14.9 Å². The van der Waals surface area contributed by atoms with Crippen LogP contribution in [0.3, 0.4) is 0 Å². The van der Waals surface area contributed by atoms with E-state index in [0.29, 0.717) is 11.7 Å². The number of nitrogens with zero attached hydrogens (tertiary/aromatic N) is 2. The second-order valence-corrected chi connectivity index (χ2v) is 5.75. The largest absolute Gasteiger partial charge is 0.379 e. The van der Waals surface area contributed by atoms with E-state index >= 15 is 0 Å². The lowest BCUT2D eigenvalue weighted by Gasteiger charge is -2.29. The number of aromatic nitrogens is 2. The maximum Gasteiger partial charge on any atom is 0.252 e. The third-order valence-corrected chi connectivity index (χ3v) is 3.75. The second-order valence-electron chi connectivity index (χ2n) is 5.75. The van der Waals surface area contributed by atoms with Gasteiger partial charge in [-0.25, -0.2) is 4.98 Å². The summed E-state index contributed by atoms with van der Waals surface area (Å²) in [6.45, 7) is 6.62. The van der Waals surface area contributed by atoms with Gasteiger partial charge in [-0.05, 0) is 19.8 Å². The number of anilines is 1. The normalized spacial score (nSPS) is 21.6. The molecule has 2 aliphatic rings. The minimum atomic E-state index is -0.0667. The van der Waals surface area contributed by atoms with Gasteiger partial charge in [0.15, 0.2) is 0 Å². The van der Waals surface area contributed by atoms with Gasteiger partial charge in [0.05, 0.1) is 13.2 Å². The van der Waals surface area contributed by atoms with E-state index in [1.165, 1.54) is 0 Å². The average molecular weight is 278 g/mol. The van der Waals surface area contributed by atoms with Crippen molar-refractivity contribution in [3.8, 4) is 0 Å². The van der Waals surface area contributed by atoms with E-state index in [1.54, 1.807) is 6.07 Å². The molecule has 2 fully saturated rings. The maximum atomic E-state index is 11.7. The summed E-state index contributed by atoms with van der Waals surface area (Å²) in [7, 11) is 0. The van der Waals surface area contributed by atoms with E-state index in [9.17, 15) is 4.79 Å². The highest BCUT2D eigenvalue weighted by molar-refractivity contribution is 5.35. The Morgan fingerprint density at radius 3 is 2.95 bits per heavy atom. The summed E-state index contributed by atoms with van der Waals surface area (Å²) >= 11 is 0. The van der Waals surface area contributed by atoms with Crippen molar-refractivity contribution in [2.75, 3.05) is 38.2 Å². The van der Waals surface area contributed by atoms with Gasteiger partial charge in [0.1, 0.15) is 11.6 Å². The quantitative estimate of drug-likeness (QED) is 0.833. The first-order chi connectivity index (χ1) is 9.70. The molecule has 1 aromatic heterocycles. The summed E-state index contributed by atoms with van der Waals surface area (Å²) in [5.41, 5.74) is -0.0667. The molecule has 110 valence electrons. The molecule has 1 aliphatic carbocycles. The molecule has 3 rings (SSSR count). The minimum Gasteiger partial charge on any atom is -0.379 e. The third-order valence-electron chi connectivity index (χ3n) is 3.75. The van der Waals surface area contributed by atoms with Gasteiger partial charge in [-0.2, -0.15) is 0 Å². The first kappa shape index (κ1) is 13.6. The van der Waals surface area contributed by atoms with Gasteiger partial charge in [0.25, 0.3) is 5.56 Å². The van der Waals surface area contributed by atoms with Crippen LogP contribution in [0.1, 0.15) is 31.5 Å². The molecule has 1 atom stereocenters. The van der Waals surface area contributed by atoms with Crippen LogP contribution in [-0.4, -0.2) is 53.8 Å². The Morgan fingerprint density at radius 2 is 2.25 bits per heavy atom. The first-order valence-corrected chi connectivity index (χ1v) is 7.38. The maximum absolute atomic E-state index is 11.7. The second kappa shape index (κ2) is 5.93. The summed E-state index contributed by atoms with van der Waals surface area (Å²) in [4.78, 5) is 21.4. The average Bonchev–Trinajstić information content (AvgIpc) is 3.23. The molecule has 20 heavy (non-hydrogen) atoms. The Hall–Kier alpha value is -1.40. The number of rotatable bonds is 5. The van der Waals surface area contributed by atoms with Crippen molar-refractivity contribution in [3.63, 3.8) is 0 Å². The van der Waals surface area contributed by atoms with Gasteiger partial charge < -0.3 is 15.0 Å². The van der Waals surface area contributed by atoms with Crippen LogP contribution < -0.4 is 10.9 Å². The van der Waals surface area contributed by atoms with Crippen molar-refractivity contribution in [2.24, 2.45) is 0 Å². The molecule has 6 nitrogen and oxygen atoms in total. The molecule has 1 unspecified atom stereocenters. The summed E-state index contributed by atoms with van der Waals surface area (Å²) in [5.74, 6) is 1.98. The zero-order valence-corrected chi connectivity index (χ0v) is 11.9. The monoisotopic (exact) mass is 278 g/mol. The fourth-order valence-electron chi connectivity index (χ4n) is 2.57. The number of aromatic amines is 1. The molecular formula is C14H22N4O2. The fraction of sp³-hybridized carbons (Fsp3) is 0.714. The Morgan fingerprint density at radius 1 is 1.50 bits per heavy atom. The Bertz CT molecular complexity index is 506. The SMILES string of the molecule is CC(CN1CCOCC1)Nc1cc(=O)[nH]c(C2CC2)n1. The molecule has 2 N–H and O–H groups in total. The Labute approximate surface area is 118 Å². The molecule has 0 aromatic carbocycles. The summed E-state index contributed by atoms with van der Waals surface area (Å²) < 4.78 is 5.34. The number of ether oxygens (including phenoxy) is 1.